The first-order valence-electron chi connectivity index (χ1n) is 7.70. The van der Waals surface area contributed by atoms with Crippen LogP contribution in [0.25, 0.3) is 23.2 Å². The van der Waals surface area contributed by atoms with E-state index in [9.17, 15) is 0 Å². The van der Waals surface area contributed by atoms with E-state index in [-0.39, 0.29) is 0 Å². The van der Waals surface area contributed by atoms with E-state index in [1.807, 2.05) is 12.3 Å². The summed E-state index contributed by atoms with van der Waals surface area (Å²) in [5, 5.41) is 1.37. The van der Waals surface area contributed by atoms with Crippen LogP contribution in [0.3, 0.4) is 0 Å². The standard InChI is InChI=1S/C19H19N3/c1-21-11-9-19-17(14-21)16-6-2-3-7-18(16)22(19)12-8-15-5-4-10-20-13-15/h2-8,10,12-13H,9,11,14H2,1H3/b12-8+. The minimum absolute atomic E-state index is 1.03. The van der Waals surface area contributed by atoms with E-state index >= 15 is 0 Å². The molecule has 3 aromatic rings. The summed E-state index contributed by atoms with van der Waals surface area (Å²) >= 11 is 0. The first-order valence-corrected chi connectivity index (χ1v) is 7.70. The first-order chi connectivity index (χ1) is 10.8. The minimum atomic E-state index is 1.03. The maximum Gasteiger partial charge on any atom is 0.0528 e. The van der Waals surface area contributed by atoms with E-state index in [0.717, 1.165) is 25.1 Å². The third kappa shape index (κ3) is 2.24. The molecule has 1 aromatic carbocycles. The topological polar surface area (TPSA) is 21.1 Å². The van der Waals surface area contributed by atoms with Crippen molar-refractivity contribution >= 4 is 23.2 Å². The molecule has 0 bridgehead atoms. The second-order valence-electron chi connectivity index (χ2n) is 5.90. The lowest BCUT2D eigenvalue weighted by atomic mass is 10.1. The van der Waals surface area contributed by atoms with Crippen LogP contribution in [0.2, 0.25) is 0 Å². The number of pyridine rings is 1. The number of rotatable bonds is 2. The molecule has 1 aliphatic rings. The number of fused-ring (bicyclic) bond motifs is 3. The number of hydrogen-bond donors (Lipinski definition) is 0. The smallest absolute Gasteiger partial charge is 0.0528 e. The molecule has 22 heavy (non-hydrogen) atoms. The Kier molecular flexibility index (Phi) is 3.28. The SMILES string of the molecule is CN1CCc2c(c3ccccc3n2/C=C/c2cccnc2)C1. The third-order valence-corrected chi connectivity index (χ3v) is 4.39. The lowest BCUT2D eigenvalue weighted by molar-refractivity contribution is 0.312. The Morgan fingerprint density at radius 2 is 2.05 bits per heavy atom. The number of likely N-dealkylation sites (N-methyl/N-ethyl adjacent to an activating group) is 1. The van der Waals surface area contributed by atoms with Gasteiger partial charge < -0.3 is 9.47 Å². The maximum atomic E-state index is 4.18. The van der Waals surface area contributed by atoms with Crippen molar-refractivity contribution in [3.8, 4) is 0 Å². The van der Waals surface area contributed by atoms with Crippen LogP contribution in [0.4, 0.5) is 0 Å². The summed E-state index contributed by atoms with van der Waals surface area (Å²) in [5.41, 5.74) is 5.34. The van der Waals surface area contributed by atoms with E-state index in [4.69, 9.17) is 0 Å². The average Bonchev–Trinajstić information content (AvgIpc) is 2.87. The van der Waals surface area contributed by atoms with Gasteiger partial charge in [-0.2, -0.15) is 0 Å². The summed E-state index contributed by atoms with van der Waals surface area (Å²) in [6, 6.07) is 12.7. The zero-order chi connectivity index (χ0) is 14.9. The fraction of sp³-hybridized carbons (Fsp3) is 0.211. The highest BCUT2D eigenvalue weighted by Crippen LogP contribution is 2.30. The molecule has 0 radical (unpaired) electrons. The van der Waals surface area contributed by atoms with Crippen molar-refractivity contribution in [3.05, 3.63) is 65.6 Å². The van der Waals surface area contributed by atoms with E-state index in [0.29, 0.717) is 0 Å². The van der Waals surface area contributed by atoms with Gasteiger partial charge >= 0.3 is 0 Å². The molecule has 0 amide bonds. The van der Waals surface area contributed by atoms with E-state index < -0.39 is 0 Å². The normalized spacial score (nSPS) is 15.5. The van der Waals surface area contributed by atoms with Gasteiger partial charge in [0.25, 0.3) is 0 Å². The molecule has 0 N–H and O–H groups in total. The maximum absolute atomic E-state index is 4.18. The Bertz CT molecular complexity index is 831. The van der Waals surface area contributed by atoms with Crippen LogP contribution < -0.4 is 0 Å². The van der Waals surface area contributed by atoms with Gasteiger partial charge in [-0.05, 0) is 36.4 Å². The van der Waals surface area contributed by atoms with E-state index in [2.05, 4.69) is 64.1 Å². The predicted octanol–water partition coefficient (Wildman–Crippen LogP) is 3.65. The third-order valence-electron chi connectivity index (χ3n) is 4.39. The lowest BCUT2D eigenvalue weighted by Crippen LogP contribution is -2.26. The first kappa shape index (κ1) is 13.3. The van der Waals surface area contributed by atoms with Crippen molar-refractivity contribution < 1.29 is 0 Å². The molecule has 0 saturated carbocycles. The van der Waals surface area contributed by atoms with Crippen molar-refractivity contribution in [1.29, 1.82) is 0 Å². The molecule has 0 unspecified atom stereocenters. The summed E-state index contributed by atoms with van der Waals surface area (Å²) < 4.78 is 2.35. The number of nitrogens with zero attached hydrogens (tertiary/aromatic N) is 3. The molecular formula is C19H19N3. The lowest BCUT2D eigenvalue weighted by Gasteiger charge is -2.23. The van der Waals surface area contributed by atoms with Crippen molar-refractivity contribution in [2.45, 2.75) is 13.0 Å². The van der Waals surface area contributed by atoms with Crippen molar-refractivity contribution in [1.82, 2.24) is 14.5 Å². The molecule has 110 valence electrons. The Labute approximate surface area is 130 Å². The molecule has 3 nitrogen and oxygen atoms in total. The summed E-state index contributed by atoms with van der Waals surface area (Å²) in [7, 11) is 2.19. The molecule has 0 saturated heterocycles. The second-order valence-corrected chi connectivity index (χ2v) is 5.90. The summed E-state index contributed by atoms with van der Waals surface area (Å²) in [6.07, 6.45) is 9.11. The Morgan fingerprint density at radius 1 is 1.14 bits per heavy atom. The minimum Gasteiger partial charge on any atom is -0.320 e. The van der Waals surface area contributed by atoms with Gasteiger partial charge in [0.1, 0.15) is 0 Å². The van der Waals surface area contributed by atoms with Crippen LogP contribution in [0.5, 0.6) is 0 Å². The fourth-order valence-electron chi connectivity index (χ4n) is 3.28. The van der Waals surface area contributed by atoms with Crippen LogP contribution in [0, 0.1) is 0 Å². The van der Waals surface area contributed by atoms with Crippen molar-refractivity contribution in [2.75, 3.05) is 13.6 Å². The van der Waals surface area contributed by atoms with Gasteiger partial charge in [0, 0.05) is 49.2 Å². The molecule has 4 rings (SSSR count). The molecule has 0 aliphatic carbocycles. The Hall–Kier alpha value is -2.39. The Balaban J connectivity index is 1.85. The zero-order valence-corrected chi connectivity index (χ0v) is 12.7. The van der Waals surface area contributed by atoms with Crippen molar-refractivity contribution in [3.63, 3.8) is 0 Å². The van der Waals surface area contributed by atoms with E-state index in [1.165, 1.54) is 22.2 Å². The van der Waals surface area contributed by atoms with Crippen LogP contribution >= 0.6 is 0 Å². The van der Waals surface area contributed by atoms with Gasteiger partial charge in [0.15, 0.2) is 0 Å². The van der Waals surface area contributed by atoms with Crippen LogP contribution in [0.15, 0.2) is 48.8 Å². The predicted molar refractivity (Wildman–Crippen MR) is 91.4 cm³/mol. The quantitative estimate of drug-likeness (QED) is 0.718. The van der Waals surface area contributed by atoms with Gasteiger partial charge in [-0.15, -0.1) is 0 Å². The Morgan fingerprint density at radius 3 is 2.91 bits per heavy atom. The van der Waals surface area contributed by atoms with Crippen LogP contribution in [-0.4, -0.2) is 28.0 Å². The van der Waals surface area contributed by atoms with Crippen molar-refractivity contribution in [2.24, 2.45) is 0 Å². The number of hydrogen-bond acceptors (Lipinski definition) is 2. The number of para-hydroxylation sites is 1. The molecule has 3 heterocycles. The highest BCUT2D eigenvalue weighted by Gasteiger charge is 2.20. The van der Waals surface area contributed by atoms with E-state index in [1.54, 1.807) is 6.20 Å². The largest absolute Gasteiger partial charge is 0.320 e. The fourth-order valence-corrected chi connectivity index (χ4v) is 3.28. The summed E-state index contributed by atoms with van der Waals surface area (Å²) in [6.45, 7) is 2.15. The summed E-state index contributed by atoms with van der Waals surface area (Å²) in [4.78, 5) is 6.57. The van der Waals surface area contributed by atoms with Gasteiger partial charge in [-0.3, -0.25) is 4.98 Å². The molecule has 0 fully saturated rings. The number of benzene rings is 1. The second kappa shape index (κ2) is 5.43. The van der Waals surface area contributed by atoms with Crippen LogP contribution in [-0.2, 0) is 13.0 Å². The summed E-state index contributed by atoms with van der Waals surface area (Å²) in [5.74, 6) is 0. The zero-order valence-electron chi connectivity index (χ0n) is 12.7. The van der Waals surface area contributed by atoms with Gasteiger partial charge in [-0.1, -0.05) is 24.3 Å². The molecular weight excluding hydrogens is 270 g/mol. The molecule has 1 aliphatic heterocycles. The molecule has 2 aromatic heterocycles. The van der Waals surface area contributed by atoms with Gasteiger partial charge in [0.2, 0.25) is 0 Å². The number of aromatic nitrogens is 2. The highest BCUT2D eigenvalue weighted by molar-refractivity contribution is 5.88. The molecule has 0 spiro atoms. The van der Waals surface area contributed by atoms with Gasteiger partial charge in [0.05, 0.1) is 5.52 Å². The monoisotopic (exact) mass is 289 g/mol. The van der Waals surface area contributed by atoms with Crippen LogP contribution in [0.1, 0.15) is 16.8 Å². The highest BCUT2D eigenvalue weighted by atomic mass is 15.1. The van der Waals surface area contributed by atoms with Gasteiger partial charge in [-0.25, -0.2) is 0 Å². The molecule has 3 heteroatoms. The molecule has 0 atom stereocenters. The average molecular weight is 289 g/mol.